The number of carbonyl (C=O) groups is 1. The van der Waals surface area contributed by atoms with Crippen molar-refractivity contribution in [3.05, 3.63) is 0 Å². The molecule has 0 bridgehead atoms. The van der Waals surface area contributed by atoms with Gasteiger partial charge in [0.2, 0.25) is 5.91 Å². The molecule has 3 heterocycles. The largest absolute Gasteiger partial charge is 0.357 e. The van der Waals surface area contributed by atoms with E-state index in [1.807, 2.05) is 0 Å². The molecule has 0 aromatic carbocycles. The van der Waals surface area contributed by atoms with Crippen LogP contribution < -0.4 is 10.6 Å². The third-order valence-electron chi connectivity index (χ3n) is 6.47. The van der Waals surface area contributed by atoms with E-state index in [2.05, 4.69) is 46.1 Å². The van der Waals surface area contributed by atoms with Crippen molar-refractivity contribution in [2.75, 3.05) is 65.4 Å². The van der Waals surface area contributed by atoms with Crippen molar-refractivity contribution in [1.82, 2.24) is 25.3 Å². The highest BCUT2D eigenvalue weighted by Gasteiger charge is 2.42. The smallest absolute Gasteiger partial charge is 0.220 e. The molecule has 1 amide bonds. The van der Waals surface area contributed by atoms with Gasteiger partial charge in [-0.3, -0.25) is 14.7 Å². The fraction of sp³-hybridized carbons (Fsp3) is 0.900. The van der Waals surface area contributed by atoms with Gasteiger partial charge >= 0.3 is 0 Å². The van der Waals surface area contributed by atoms with Gasteiger partial charge in [-0.15, -0.1) is 0 Å². The van der Waals surface area contributed by atoms with Crippen LogP contribution in [0.25, 0.3) is 0 Å². The van der Waals surface area contributed by atoms with Gasteiger partial charge in [0.1, 0.15) is 0 Å². The first-order valence-corrected chi connectivity index (χ1v) is 10.8. The third kappa shape index (κ3) is 5.13. The molecule has 7 heteroatoms. The Labute approximate surface area is 164 Å². The van der Waals surface area contributed by atoms with Crippen molar-refractivity contribution >= 4 is 11.9 Å². The molecule has 3 fully saturated rings. The fourth-order valence-corrected chi connectivity index (χ4v) is 4.71. The van der Waals surface area contributed by atoms with E-state index >= 15 is 0 Å². The standard InChI is InChI=1S/C20H38N6O/c1-4-21-19(22-14-17(3)25-11-9-24(5-2)10-12-25)26-8-6-7-20(16-26)13-18(27)23-15-20/h17H,4-16H2,1-3H3,(H,21,22)(H,23,27). The van der Waals surface area contributed by atoms with E-state index in [4.69, 9.17) is 4.99 Å². The second-order valence-corrected chi connectivity index (χ2v) is 8.49. The van der Waals surface area contributed by atoms with Crippen LogP contribution in [-0.4, -0.2) is 98.1 Å². The first kappa shape index (κ1) is 20.4. The highest BCUT2D eigenvalue weighted by atomic mass is 16.1. The first-order valence-electron chi connectivity index (χ1n) is 10.8. The van der Waals surface area contributed by atoms with Gasteiger partial charge in [-0.1, -0.05) is 6.92 Å². The number of nitrogens with one attached hydrogen (secondary N) is 2. The van der Waals surface area contributed by atoms with Gasteiger partial charge in [-0.05, 0) is 33.2 Å². The van der Waals surface area contributed by atoms with Crippen molar-refractivity contribution in [3.8, 4) is 0 Å². The summed E-state index contributed by atoms with van der Waals surface area (Å²) in [5, 5.41) is 6.52. The Morgan fingerprint density at radius 1 is 1.26 bits per heavy atom. The molecule has 3 saturated heterocycles. The SMILES string of the molecule is CCNC(=NCC(C)N1CCN(CC)CC1)N1CCCC2(CNC(=O)C2)C1. The predicted molar refractivity (Wildman–Crippen MR) is 110 cm³/mol. The molecule has 0 aromatic rings. The lowest BCUT2D eigenvalue weighted by molar-refractivity contribution is -0.119. The number of aliphatic imine (C=N–C) groups is 1. The predicted octanol–water partition coefficient (Wildman–Crippen LogP) is 0.580. The molecule has 27 heavy (non-hydrogen) atoms. The lowest BCUT2D eigenvalue weighted by atomic mass is 9.79. The zero-order chi connectivity index (χ0) is 19.3. The molecule has 0 aromatic heterocycles. The van der Waals surface area contributed by atoms with Gasteiger partial charge in [-0.2, -0.15) is 0 Å². The molecule has 3 aliphatic rings. The van der Waals surface area contributed by atoms with Crippen LogP contribution in [0.1, 0.15) is 40.0 Å². The quantitative estimate of drug-likeness (QED) is 0.541. The first-order chi connectivity index (χ1) is 13.0. The molecule has 2 N–H and O–H groups in total. The van der Waals surface area contributed by atoms with E-state index in [1.165, 1.54) is 13.1 Å². The summed E-state index contributed by atoms with van der Waals surface area (Å²) in [5.74, 6) is 1.23. The normalized spacial score (nSPS) is 29.2. The van der Waals surface area contributed by atoms with Crippen molar-refractivity contribution in [1.29, 1.82) is 0 Å². The second-order valence-electron chi connectivity index (χ2n) is 8.49. The lowest BCUT2D eigenvalue weighted by Crippen LogP contribution is -2.52. The van der Waals surface area contributed by atoms with Crippen molar-refractivity contribution < 1.29 is 4.79 Å². The van der Waals surface area contributed by atoms with E-state index < -0.39 is 0 Å². The molecule has 2 unspecified atom stereocenters. The number of hydrogen-bond acceptors (Lipinski definition) is 4. The number of likely N-dealkylation sites (N-methyl/N-ethyl adjacent to an activating group) is 1. The molecule has 2 atom stereocenters. The minimum absolute atomic E-state index is 0.105. The maximum absolute atomic E-state index is 11.8. The number of nitrogens with zero attached hydrogens (tertiary/aromatic N) is 4. The Hall–Kier alpha value is -1.34. The summed E-state index contributed by atoms with van der Waals surface area (Å²) in [4.78, 5) is 24.2. The van der Waals surface area contributed by atoms with Crippen LogP contribution >= 0.6 is 0 Å². The number of likely N-dealkylation sites (tertiary alicyclic amines) is 1. The molecular weight excluding hydrogens is 340 g/mol. The Bertz CT molecular complexity index is 531. The highest BCUT2D eigenvalue weighted by molar-refractivity contribution is 5.81. The summed E-state index contributed by atoms with van der Waals surface area (Å²) in [7, 11) is 0. The Morgan fingerprint density at radius 2 is 2.04 bits per heavy atom. The van der Waals surface area contributed by atoms with Crippen molar-refractivity contribution in [2.24, 2.45) is 10.4 Å². The summed E-state index contributed by atoms with van der Waals surface area (Å²) >= 11 is 0. The van der Waals surface area contributed by atoms with Crippen LogP contribution in [0.15, 0.2) is 4.99 Å². The third-order valence-corrected chi connectivity index (χ3v) is 6.47. The molecule has 0 aliphatic carbocycles. The van der Waals surface area contributed by atoms with Crippen LogP contribution in [-0.2, 0) is 4.79 Å². The van der Waals surface area contributed by atoms with Crippen LogP contribution in [0.5, 0.6) is 0 Å². The lowest BCUT2D eigenvalue weighted by Gasteiger charge is -2.41. The van der Waals surface area contributed by atoms with Gasteiger partial charge in [0.05, 0.1) is 6.54 Å². The van der Waals surface area contributed by atoms with E-state index in [-0.39, 0.29) is 11.3 Å². The zero-order valence-corrected chi connectivity index (χ0v) is 17.5. The maximum Gasteiger partial charge on any atom is 0.220 e. The Kier molecular flexibility index (Phi) is 6.98. The van der Waals surface area contributed by atoms with E-state index in [9.17, 15) is 4.79 Å². The van der Waals surface area contributed by atoms with E-state index in [1.54, 1.807) is 0 Å². The number of carbonyl (C=O) groups excluding carboxylic acids is 1. The highest BCUT2D eigenvalue weighted by Crippen LogP contribution is 2.36. The zero-order valence-electron chi connectivity index (χ0n) is 17.5. The topological polar surface area (TPSA) is 63.2 Å². The number of guanidine groups is 1. The van der Waals surface area contributed by atoms with Gasteiger partial charge < -0.3 is 20.4 Å². The number of piperazine rings is 1. The average molecular weight is 379 g/mol. The average Bonchev–Trinajstić information content (AvgIpc) is 3.04. The minimum Gasteiger partial charge on any atom is -0.357 e. The summed E-state index contributed by atoms with van der Waals surface area (Å²) < 4.78 is 0. The number of amides is 1. The molecule has 7 nitrogen and oxygen atoms in total. The van der Waals surface area contributed by atoms with Crippen molar-refractivity contribution in [3.63, 3.8) is 0 Å². The second kappa shape index (κ2) is 9.24. The van der Waals surface area contributed by atoms with Crippen molar-refractivity contribution in [2.45, 2.75) is 46.1 Å². The van der Waals surface area contributed by atoms with Gasteiger partial charge in [-0.25, -0.2) is 0 Å². The molecular formula is C20H38N6O. The molecule has 3 rings (SSSR count). The van der Waals surface area contributed by atoms with E-state index in [0.717, 1.165) is 71.2 Å². The Balaban J connectivity index is 1.58. The number of piperidine rings is 1. The van der Waals surface area contributed by atoms with Gasteiger partial charge in [0, 0.05) is 70.2 Å². The number of rotatable bonds is 5. The molecule has 0 radical (unpaired) electrons. The molecule has 154 valence electrons. The van der Waals surface area contributed by atoms with Gasteiger partial charge in [0.15, 0.2) is 5.96 Å². The monoisotopic (exact) mass is 378 g/mol. The van der Waals surface area contributed by atoms with E-state index in [0.29, 0.717) is 12.5 Å². The number of hydrogen-bond donors (Lipinski definition) is 2. The van der Waals surface area contributed by atoms with Crippen LogP contribution in [0.4, 0.5) is 0 Å². The maximum atomic E-state index is 11.8. The Morgan fingerprint density at radius 3 is 2.67 bits per heavy atom. The summed E-state index contributed by atoms with van der Waals surface area (Å²) in [6.07, 6.45) is 2.94. The van der Waals surface area contributed by atoms with Gasteiger partial charge in [0.25, 0.3) is 0 Å². The van der Waals surface area contributed by atoms with Crippen LogP contribution in [0, 0.1) is 5.41 Å². The molecule has 1 spiro atoms. The summed E-state index contributed by atoms with van der Waals surface area (Å²) in [6, 6.07) is 0.464. The summed E-state index contributed by atoms with van der Waals surface area (Å²) in [5.41, 5.74) is 0.105. The van der Waals surface area contributed by atoms with Crippen LogP contribution in [0.3, 0.4) is 0 Å². The molecule has 3 aliphatic heterocycles. The fourth-order valence-electron chi connectivity index (χ4n) is 4.71. The minimum atomic E-state index is 0.105. The summed E-state index contributed by atoms with van der Waals surface area (Å²) in [6.45, 7) is 16.9. The molecule has 0 saturated carbocycles. The van der Waals surface area contributed by atoms with Crippen LogP contribution in [0.2, 0.25) is 0 Å².